The van der Waals surface area contributed by atoms with Crippen LogP contribution in [0.15, 0.2) is 6.20 Å². The zero-order valence-electron chi connectivity index (χ0n) is 4.59. The van der Waals surface area contributed by atoms with E-state index >= 15 is 0 Å². The summed E-state index contributed by atoms with van der Waals surface area (Å²) in [5.74, 6) is -0.896. The van der Waals surface area contributed by atoms with Gasteiger partial charge < -0.3 is 10.5 Å². The van der Waals surface area contributed by atoms with Gasteiger partial charge in [0.05, 0.1) is 6.20 Å². The van der Waals surface area contributed by atoms with Gasteiger partial charge in [0.25, 0.3) is 0 Å². The van der Waals surface area contributed by atoms with Crippen LogP contribution in [0.4, 0.5) is 0 Å². The third-order valence-corrected chi connectivity index (χ3v) is 0.785. The first-order valence-corrected chi connectivity index (χ1v) is 2.37. The second-order valence-corrected chi connectivity index (χ2v) is 1.51. The topological polar surface area (TPSA) is 64.6 Å². The van der Waals surface area contributed by atoms with Gasteiger partial charge in [0.1, 0.15) is 6.54 Å². The Morgan fingerprint density at radius 3 is 3.11 bits per heavy atom. The molecule has 0 fully saturated rings. The Bertz CT molecular complexity index is 137. The molecule has 0 atom stereocenters. The lowest BCUT2D eigenvalue weighted by molar-refractivity contribution is -0.139. The first-order chi connectivity index (χ1) is 4.29. The Morgan fingerprint density at radius 1 is 1.89 bits per heavy atom. The van der Waals surface area contributed by atoms with E-state index in [9.17, 15) is 4.79 Å². The average molecular weight is 128 g/mol. The van der Waals surface area contributed by atoms with Crippen LogP contribution in [0.5, 0.6) is 0 Å². The van der Waals surface area contributed by atoms with Gasteiger partial charge in [-0.15, -0.1) is 5.12 Å². The Hall–Kier alpha value is -1.23. The van der Waals surface area contributed by atoms with Gasteiger partial charge in [-0.05, 0) is 0 Å². The molecular weight excluding hydrogens is 122 g/mol. The van der Waals surface area contributed by atoms with E-state index < -0.39 is 5.97 Å². The first kappa shape index (κ1) is 5.90. The molecular formula is C4H6N3O2. The number of hydrazine groups is 2. The van der Waals surface area contributed by atoms with Gasteiger partial charge in [-0.2, -0.15) is 0 Å². The molecule has 3 N–H and O–H groups in total. The van der Waals surface area contributed by atoms with Crippen LogP contribution in [0, 0.1) is 6.20 Å². The molecule has 49 valence electrons. The zero-order valence-corrected chi connectivity index (χ0v) is 4.59. The summed E-state index contributed by atoms with van der Waals surface area (Å²) in [6, 6.07) is 0. The minimum absolute atomic E-state index is 0.0938. The Morgan fingerprint density at radius 2 is 2.67 bits per heavy atom. The molecule has 0 aliphatic carbocycles. The summed E-state index contributed by atoms with van der Waals surface area (Å²) in [6.07, 6.45) is 4.04. The molecule has 0 unspecified atom stereocenters. The highest BCUT2D eigenvalue weighted by atomic mass is 16.4. The van der Waals surface area contributed by atoms with Crippen molar-refractivity contribution >= 4 is 5.97 Å². The van der Waals surface area contributed by atoms with Crippen LogP contribution in [-0.4, -0.2) is 22.7 Å². The van der Waals surface area contributed by atoms with Crippen LogP contribution in [-0.2, 0) is 4.79 Å². The molecule has 0 aromatic heterocycles. The molecule has 0 aromatic carbocycles. The smallest absolute Gasteiger partial charge is 0.321 e. The zero-order chi connectivity index (χ0) is 6.69. The van der Waals surface area contributed by atoms with Gasteiger partial charge in [-0.25, -0.2) is 0 Å². The summed E-state index contributed by atoms with van der Waals surface area (Å²) in [7, 11) is 0. The van der Waals surface area contributed by atoms with Crippen LogP contribution >= 0.6 is 0 Å². The number of carbonyl (C=O) groups is 1. The van der Waals surface area contributed by atoms with E-state index in [2.05, 4.69) is 17.1 Å². The highest BCUT2D eigenvalue weighted by Crippen LogP contribution is 1.81. The number of hydrogen-bond donors (Lipinski definition) is 3. The fourth-order valence-electron chi connectivity index (χ4n) is 0.473. The first-order valence-electron chi connectivity index (χ1n) is 2.37. The SMILES string of the molecule is O=C(O)CN1N[C]=CN1. The molecule has 0 amide bonds. The molecule has 1 heterocycles. The van der Waals surface area contributed by atoms with Crippen molar-refractivity contribution in [1.29, 1.82) is 0 Å². The molecule has 0 aromatic rings. The van der Waals surface area contributed by atoms with Crippen LogP contribution in [0.2, 0.25) is 0 Å². The Kier molecular flexibility index (Phi) is 1.55. The minimum Gasteiger partial charge on any atom is -0.480 e. The fraction of sp³-hybridized carbons (Fsp3) is 0.250. The molecule has 1 aliphatic rings. The number of nitrogens with zero attached hydrogens (tertiary/aromatic N) is 1. The average Bonchev–Trinajstić information content (AvgIpc) is 2.15. The van der Waals surface area contributed by atoms with E-state index in [1.165, 1.54) is 11.3 Å². The van der Waals surface area contributed by atoms with Crippen LogP contribution in [0.1, 0.15) is 0 Å². The number of carboxylic acid groups (broad SMARTS) is 1. The summed E-state index contributed by atoms with van der Waals surface area (Å²) in [6.45, 7) is -0.0938. The van der Waals surface area contributed by atoms with Gasteiger partial charge in [-0.3, -0.25) is 10.2 Å². The van der Waals surface area contributed by atoms with E-state index in [4.69, 9.17) is 5.11 Å². The number of nitrogens with one attached hydrogen (secondary N) is 2. The predicted octanol–water partition coefficient (Wildman–Crippen LogP) is -1.33. The maximum absolute atomic E-state index is 9.99. The molecule has 1 rings (SSSR count). The molecule has 1 radical (unpaired) electrons. The molecule has 0 bridgehead atoms. The van der Waals surface area contributed by atoms with Gasteiger partial charge in [0.15, 0.2) is 0 Å². The van der Waals surface area contributed by atoms with Crippen molar-refractivity contribution in [3.8, 4) is 0 Å². The Balaban J connectivity index is 2.22. The predicted molar refractivity (Wildman–Crippen MR) is 28.4 cm³/mol. The van der Waals surface area contributed by atoms with Crippen LogP contribution in [0.25, 0.3) is 0 Å². The van der Waals surface area contributed by atoms with Gasteiger partial charge >= 0.3 is 5.97 Å². The van der Waals surface area contributed by atoms with Crippen LogP contribution in [0.3, 0.4) is 0 Å². The van der Waals surface area contributed by atoms with E-state index in [1.807, 2.05) is 0 Å². The monoisotopic (exact) mass is 128 g/mol. The minimum atomic E-state index is -0.896. The number of carboxylic acids is 1. The Labute approximate surface area is 51.9 Å². The van der Waals surface area contributed by atoms with Crippen molar-refractivity contribution in [1.82, 2.24) is 16.0 Å². The molecule has 0 saturated heterocycles. The standard InChI is InChI=1S/C4H6N3O2/c8-4(9)3-7-5-1-2-6-7/h1,5-6H,3H2,(H,8,9). The number of rotatable bonds is 2. The molecule has 5 heteroatoms. The van der Waals surface area contributed by atoms with Crippen molar-refractivity contribution in [3.63, 3.8) is 0 Å². The number of hydrogen-bond acceptors (Lipinski definition) is 4. The maximum Gasteiger partial charge on any atom is 0.321 e. The molecule has 0 saturated carbocycles. The molecule has 1 aliphatic heterocycles. The summed E-state index contributed by atoms with van der Waals surface area (Å²) < 4.78 is 0. The summed E-state index contributed by atoms with van der Waals surface area (Å²) >= 11 is 0. The van der Waals surface area contributed by atoms with Crippen molar-refractivity contribution in [2.75, 3.05) is 6.54 Å². The summed E-state index contributed by atoms with van der Waals surface area (Å²) in [5, 5.41) is 9.50. The normalized spacial score (nSPS) is 16.9. The molecule has 0 spiro atoms. The third kappa shape index (κ3) is 1.61. The third-order valence-electron chi connectivity index (χ3n) is 0.785. The lowest BCUT2D eigenvalue weighted by Crippen LogP contribution is -2.41. The van der Waals surface area contributed by atoms with E-state index in [0.717, 1.165) is 0 Å². The van der Waals surface area contributed by atoms with Gasteiger partial charge in [0, 0.05) is 6.20 Å². The largest absolute Gasteiger partial charge is 0.480 e. The van der Waals surface area contributed by atoms with E-state index in [-0.39, 0.29) is 6.54 Å². The van der Waals surface area contributed by atoms with Crippen molar-refractivity contribution in [2.45, 2.75) is 0 Å². The van der Waals surface area contributed by atoms with E-state index in [1.54, 1.807) is 0 Å². The lowest BCUT2D eigenvalue weighted by Gasteiger charge is -2.11. The lowest BCUT2D eigenvalue weighted by atomic mass is 10.7. The van der Waals surface area contributed by atoms with Crippen molar-refractivity contribution in [2.24, 2.45) is 0 Å². The highest BCUT2D eigenvalue weighted by molar-refractivity contribution is 5.68. The van der Waals surface area contributed by atoms with Crippen molar-refractivity contribution in [3.05, 3.63) is 12.4 Å². The molecule has 9 heavy (non-hydrogen) atoms. The van der Waals surface area contributed by atoms with Crippen LogP contribution < -0.4 is 10.9 Å². The quantitative estimate of drug-likeness (QED) is 0.430. The fourth-order valence-corrected chi connectivity index (χ4v) is 0.473. The second kappa shape index (κ2) is 2.36. The van der Waals surface area contributed by atoms with E-state index in [0.29, 0.717) is 0 Å². The van der Waals surface area contributed by atoms with Crippen molar-refractivity contribution < 1.29 is 9.90 Å². The summed E-state index contributed by atoms with van der Waals surface area (Å²) in [5.41, 5.74) is 5.12. The number of aliphatic carboxylic acids is 1. The molecule has 5 nitrogen and oxygen atoms in total. The highest BCUT2D eigenvalue weighted by Gasteiger charge is 2.07. The second-order valence-electron chi connectivity index (χ2n) is 1.51. The summed E-state index contributed by atoms with van der Waals surface area (Å²) in [4.78, 5) is 9.99. The van der Waals surface area contributed by atoms with Gasteiger partial charge in [0.2, 0.25) is 0 Å². The maximum atomic E-state index is 9.99. The van der Waals surface area contributed by atoms with Gasteiger partial charge in [-0.1, -0.05) is 0 Å².